The van der Waals surface area contributed by atoms with Gasteiger partial charge in [0.05, 0.1) is 0 Å². The number of likely N-dealkylation sites (N-methyl/N-ethyl adjacent to an activating group) is 1. The van der Waals surface area contributed by atoms with Gasteiger partial charge in [-0.2, -0.15) is 0 Å². The van der Waals surface area contributed by atoms with Crippen molar-refractivity contribution in [1.82, 2.24) is 9.80 Å². The van der Waals surface area contributed by atoms with Crippen molar-refractivity contribution in [3.63, 3.8) is 0 Å². The van der Waals surface area contributed by atoms with Crippen molar-refractivity contribution < 1.29 is 9.18 Å². The van der Waals surface area contributed by atoms with E-state index in [9.17, 15) is 9.18 Å². The normalized spacial score (nSPS) is 17.0. The first-order valence-corrected chi connectivity index (χ1v) is 8.47. The van der Waals surface area contributed by atoms with E-state index >= 15 is 0 Å². The Bertz CT molecular complexity index is 583. The molecule has 1 aliphatic rings. The van der Waals surface area contributed by atoms with Crippen molar-refractivity contribution in [3.05, 3.63) is 41.3 Å². The van der Waals surface area contributed by atoms with Gasteiger partial charge in [0.15, 0.2) is 0 Å². The van der Waals surface area contributed by atoms with Gasteiger partial charge in [-0.15, -0.1) is 0 Å². The van der Waals surface area contributed by atoms with E-state index < -0.39 is 0 Å². The van der Waals surface area contributed by atoms with Crippen molar-refractivity contribution in [2.75, 3.05) is 13.6 Å². The fourth-order valence-electron chi connectivity index (χ4n) is 2.42. The van der Waals surface area contributed by atoms with E-state index in [1.54, 1.807) is 23.1 Å². The molecule has 0 atom stereocenters. The van der Waals surface area contributed by atoms with Gasteiger partial charge in [-0.1, -0.05) is 0 Å². The zero-order valence-corrected chi connectivity index (χ0v) is 14.7. The molecule has 1 aromatic rings. The van der Waals surface area contributed by atoms with Crippen LogP contribution in [0.4, 0.5) is 4.39 Å². The quantitative estimate of drug-likeness (QED) is 0.439. The van der Waals surface area contributed by atoms with Crippen molar-refractivity contribution in [1.29, 1.82) is 0 Å². The van der Waals surface area contributed by atoms with Gasteiger partial charge < -0.3 is 0 Å². The molecule has 3 nitrogen and oxygen atoms in total. The summed E-state index contributed by atoms with van der Waals surface area (Å²) in [6.07, 6.45) is 6.30. The molecule has 0 spiro atoms. The van der Waals surface area contributed by atoms with Gasteiger partial charge in [-0.05, 0) is 0 Å². The van der Waals surface area contributed by atoms with Crippen LogP contribution in [-0.4, -0.2) is 49.5 Å². The van der Waals surface area contributed by atoms with Crippen LogP contribution in [0.5, 0.6) is 0 Å². The summed E-state index contributed by atoms with van der Waals surface area (Å²) in [6, 6.07) is 6.15. The Morgan fingerprint density at radius 2 is 1.86 bits per heavy atom. The number of rotatable bonds is 6. The molecule has 118 valence electrons. The summed E-state index contributed by atoms with van der Waals surface area (Å²) in [5, 5.41) is 0. The van der Waals surface area contributed by atoms with Crippen LogP contribution in [0.1, 0.15) is 38.2 Å². The Balaban J connectivity index is 2.11. The number of unbranched alkanes of at least 4 members (excludes halogenated alkanes) is 3. The van der Waals surface area contributed by atoms with Crippen molar-refractivity contribution in [2.24, 2.45) is 0 Å². The van der Waals surface area contributed by atoms with Crippen molar-refractivity contribution in [2.45, 2.75) is 32.6 Å². The number of carbonyl (C=O) groups is 1. The zero-order valence-electron chi connectivity index (χ0n) is 13.0. The fourth-order valence-corrected chi connectivity index (χ4v) is 2.99. The van der Waals surface area contributed by atoms with Crippen molar-refractivity contribution in [3.8, 4) is 0 Å². The first-order chi connectivity index (χ1) is 10.5. The van der Waals surface area contributed by atoms with Gasteiger partial charge >= 0.3 is 139 Å². The third kappa shape index (κ3) is 3.84. The van der Waals surface area contributed by atoms with Gasteiger partial charge in [-0.25, -0.2) is 0 Å². The molecule has 0 radical (unpaired) electrons. The number of halogens is 1. The van der Waals surface area contributed by atoms with E-state index in [1.807, 2.05) is 11.9 Å². The molecule has 1 aromatic carbocycles. The van der Waals surface area contributed by atoms with E-state index in [2.05, 4.69) is 22.5 Å². The number of hydrogen-bond donors (Lipinski definition) is 0. The number of carbonyl (C=O) groups excluding carboxylic acids is 1. The molecule has 1 amide bonds. The minimum absolute atomic E-state index is 0.00271. The first kappa shape index (κ1) is 16.9. The Hall–Kier alpha value is -1.45. The standard InChI is InChI=1S/C17H21FN2OSe/c1-3-4-5-6-11-20-16(21)15(19(2)17(20)22)12-13-7-9-14(18)10-8-13/h7-10,12H,3-6,11H2,1-2H3/b15-12+. The second-order valence-electron chi connectivity index (χ2n) is 5.44. The van der Waals surface area contributed by atoms with Crippen LogP contribution >= 0.6 is 0 Å². The Morgan fingerprint density at radius 1 is 1.18 bits per heavy atom. The zero-order chi connectivity index (χ0) is 16.1. The Kier molecular flexibility index (Phi) is 5.92. The van der Waals surface area contributed by atoms with E-state index in [-0.39, 0.29) is 11.7 Å². The predicted molar refractivity (Wildman–Crippen MR) is 88.8 cm³/mol. The van der Waals surface area contributed by atoms with Gasteiger partial charge in [-0.3, -0.25) is 0 Å². The molecule has 22 heavy (non-hydrogen) atoms. The first-order valence-electron chi connectivity index (χ1n) is 7.61. The molecule has 0 N–H and O–H groups in total. The molecular weight excluding hydrogens is 346 g/mol. The number of hydrogen-bond acceptors (Lipinski definition) is 2. The van der Waals surface area contributed by atoms with E-state index in [4.69, 9.17) is 0 Å². The predicted octanol–water partition coefficient (Wildman–Crippen LogP) is 2.78. The summed E-state index contributed by atoms with van der Waals surface area (Å²) in [6.45, 7) is 2.90. The molecule has 0 unspecified atom stereocenters. The fraction of sp³-hybridized carbons (Fsp3) is 0.412. The average molecular weight is 367 g/mol. The second-order valence-corrected chi connectivity index (χ2v) is 6.21. The number of amides is 1. The molecule has 0 saturated carbocycles. The monoisotopic (exact) mass is 368 g/mol. The maximum atomic E-state index is 13.0. The van der Waals surface area contributed by atoms with E-state index in [0.717, 1.165) is 29.6 Å². The topological polar surface area (TPSA) is 23.6 Å². The summed E-state index contributed by atoms with van der Waals surface area (Å²) in [4.78, 5) is 16.2. The molecular formula is C17H21FN2OSe. The Morgan fingerprint density at radius 3 is 2.50 bits per heavy atom. The van der Waals surface area contributed by atoms with Gasteiger partial charge in [0.25, 0.3) is 0 Å². The molecule has 1 heterocycles. The van der Waals surface area contributed by atoms with Gasteiger partial charge in [0, 0.05) is 0 Å². The minimum atomic E-state index is -0.276. The third-order valence-electron chi connectivity index (χ3n) is 3.75. The van der Waals surface area contributed by atoms with Crippen LogP contribution in [-0.2, 0) is 4.79 Å². The van der Waals surface area contributed by atoms with Crippen LogP contribution in [0.25, 0.3) is 6.08 Å². The van der Waals surface area contributed by atoms with Crippen LogP contribution in [0.15, 0.2) is 30.0 Å². The summed E-state index contributed by atoms with van der Waals surface area (Å²) in [7, 11) is 1.87. The average Bonchev–Trinajstić information content (AvgIpc) is 2.71. The third-order valence-corrected chi connectivity index (χ3v) is 4.79. The van der Waals surface area contributed by atoms with Crippen molar-refractivity contribution >= 4 is 32.2 Å². The SMILES string of the molecule is CCCCCCN1C(=O)/C(=C\c2ccc(F)cc2)N(C)C1=[Se]. The molecule has 2 rings (SSSR count). The Labute approximate surface area is 139 Å². The molecule has 0 aromatic heterocycles. The number of nitrogens with zero attached hydrogens (tertiary/aromatic N) is 2. The van der Waals surface area contributed by atoms with E-state index in [0.29, 0.717) is 5.70 Å². The molecule has 1 fully saturated rings. The summed E-state index contributed by atoms with van der Waals surface area (Å²) < 4.78 is 13.8. The maximum absolute atomic E-state index is 13.0. The second kappa shape index (κ2) is 7.70. The summed E-state index contributed by atoms with van der Waals surface area (Å²) in [5.41, 5.74) is 1.42. The van der Waals surface area contributed by atoms with Gasteiger partial charge in [0.1, 0.15) is 0 Å². The van der Waals surface area contributed by atoms with Crippen LogP contribution < -0.4 is 0 Å². The molecule has 1 aliphatic heterocycles. The van der Waals surface area contributed by atoms with Crippen LogP contribution in [0.3, 0.4) is 0 Å². The number of benzene rings is 1. The molecule has 0 bridgehead atoms. The summed E-state index contributed by atoms with van der Waals surface area (Å²) in [5.74, 6) is -0.279. The van der Waals surface area contributed by atoms with Crippen LogP contribution in [0.2, 0.25) is 0 Å². The van der Waals surface area contributed by atoms with E-state index in [1.165, 1.54) is 25.0 Å². The summed E-state index contributed by atoms with van der Waals surface area (Å²) >= 11 is 2.98. The molecule has 0 aliphatic carbocycles. The van der Waals surface area contributed by atoms with Gasteiger partial charge in [0.2, 0.25) is 0 Å². The van der Waals surface area contributed by atoms with Crippen LogP contribution in [0, 0.1) is 5.82 Å². The molecule has 1 saturated heterocycles. The molecule has 5 heteroatoms.